The smallest absolute Gasteiger partial charge is 0.224 e. The molecule has 1 aromatic heterocycles. The van der Waals surface area contributed by atoms with Gasteiger partial charge in [0.1, 0.15) is 5.15 Å². The van der Waals surface area contributed by atoms with Gasteiger partial charge in [-0.3, -0.25) is 9.48 Å². The Balaban J connectivity index is 2.63. The van der Waals surface area contributed by atoms with Gasteiger partial charge in [-0.2, -0.15) is 5.10 Å². The molecule has 0 aliphatic heterocycles. The van der Waals surface area contributed by atoms with Crippen molar-refractivity contribution in [2.24, 2.45) is 18.4 Å². The van der Waals surface area contributed by atoms with E-state index in [1.165, 1.54) is 0 Å². The zero-order chi connectivity index (χ0) is 16.4. The van der Waals surface area contributed by atoms with E-state index in [1.54, 1.807) is 11.7 Å². The maximum absolute atomic E-state index is 12.1. The molecular weight excluding hydrogens is 290 g/mol. The molecule has 0 saturated heterocycles. The Labute approximate surface area is 131 Å². The van der Waals surface area contributed by atoms with Crippen molar-refractivity contribution in [1.82, 2.24) is 15.1 Å². The summed E-state index contributed by atoms with van der Waals surface area (Å²) in [4.78, 5) is 12.1. The summed E-state index contributed by atoms with van der Waals surface area (Å²) >= 11 is 6.12. The molecule has 120 valence electrons. The summed E-state index contributed by atoms with van der Waals surface area (Å²) in [5, 5.41) is 17.7. The molecule has 0 radical (unpaired) electrons. The van der Waals surface area contributed by atoms with Crippen LogP contribution >= 0.6 is 11.6 Å². The second kappa shape index (κ2) is 6.79. The van der Waals surface area contributed by atoms with Gasteiger partial charge in [0.25, 0.3) is 0 Å². The standard InChI is InChI=1S/C15H26ClN3O2/c1-9(2)13(21)15(4,5)8-17-12(20)7-11-10(3)18-19(6)14(11)16/h9,13,21H,7-8H2,1-6H3,(H,17,20). The van der Waals surface area contributed by atoms with Gasteiger partial charge in [-0.05, 0) is 12.8 Å². The van der Waals surface area contributed by atoms with Gasteiger partial charge in [-0.15, -0.1) is 0 Å². The Morgan fingerprint density at radius 1 is 1.48 bits per heavy atom. The molecule has 1 atom stereocenters. The van der Waals surface area contributed by atoms with Gasteiger partial charge in [0, 0.05) is 24.6 Å². The van der Waals surface area contributed by atoms with E-state index >= 15 is 0 Å². The molecule has 0 aliphatic rings. The van der Waals surface area contributed by atoms with Crippen LogP contribution in [-0.2, 0) is 18.3 Å². The second-order valence-corrected chi connectivity index (χ2v) is 6.97. The van der Waals surface area contributed by atoms with E-state index in [4.69, 9.17) is 11.6 Å². The summed E-state index contributed by atoms with van der Waals surface area (Å²) in [6.45, 7) is 10.1. The Morgan fingerprint density at radius 3 is 2.48 bits per heavy atom. The lowest BCUT2D eigenvalue weighted by molar-refractivity contribution is -0.121. The first kappa shape index (κ1) is 18.0. The average Bonchev–Trinajstić information content (AvgIpc) is 2.62. The Morgan fingerprint density at radius 2 is 2.05 bits per heavy atom. The third-order valence-corrected chi connectivity index (χ3v) is 4.25. The van der Waals surface area contributed by atoms with Crippen LogP contribution in [0.15, 0.2) is 0 Å². The van der Waals surface area contributed by atoms with Crippen molar-refractivity contribution in [2.75, 3.05) is 6.54 Å². The highest BCUT2D eigenvalue weighted by atomic mass is 35.5. The Hall–Kier alpha value is -1.07. The number of amides is 1. The third kappa shape index (κ3) is 4.45. The number of aryl methyl sites for hydroxylation is 2. The van der Waals surface area contributed by atoms with Crippen LogP contribution in [0.2, 0.25) is 5.15 Å². The van der Waals surface area contributed by atoms with E-state index in [-0.39, 0.29) is 23.7 Å². The fraction of sp³-hybridized carbons (Fsp3) is 0.733. The zero-order valence-electron chi connectivity index (χ0n) is 13.7. The molecule has 1 heterocycles. The third-order valence-electron chi connectivity index (χ3n) is 3.78. The first-order valence-electron chi connectivity index (χ1n) is 7.19. The highest BCUT2D eigenvalue weighted by Gasteiger charge is 2.30. The molecule has 6 heteroatoms. The number of nitrogens with one attached hydrogen (secondary N) is 1. The van der Waals surface area contributed by atoms with Crippen LogP contribution in [0.25, 0.3) is 0 Å². The zero-order valence-corrected chi connectivity index (χ0v) is 14.5. The van der Waals surface area contributed by atoms with Gasteiger partial charge >= 0.3 is 0 Å². The lowest BCUT2D eigenvalue weighted by Gasteiger charge is -2.33. The molecule has 2 N–H and O–H groups in total. The largest absolute Gasteiger partial charge is 0.392 e. The lowest BCUT2D eigenvalue weighted by Crippen LogP contribution is -2.44. The highest BCUT2D eigenvalue weighted by Crippen LogP contribution is 2.25. The number of aliphatic hydroxyl groups is 1. The molecule has 1 unspecified atom stereocenters. The molecule has 1 aromatic rings. The van der Waals surface area contributed by atoms with Crippen LogP contribution in [0.3, 0.4) is 0 Å². The van der Waals surface area contributed by atoms with Crippen LogP contribution in [0.4, 0.5) is 0 Å². The van der Waals surface area contributed by atoms with Crippen molar-refractivity contribution >= 4 is 17.5 Å². The van der Waals surface area contributed by atoms with Gasteiger partial charge in [0.05, 0.1) is 18.2 Å². The number of rotatable bonds is 6. The molecule has 1 amide bonds. The fourth-order valence-corrected chi connectivity index (χ4v) is 2.67. The Kier molecular flexibility index (Phi) is 5.82. The number of carbonyl (C=O) groups excluding carboxylic acids is 1. The van der Waals surface area contributed by atoms with Crippen molar-refractivity contribution in [2.45, 2.75) is 47.1 Å². The summed E-state index contributed by atoms with van der Waals surface area (Å²) in [7, 11) is 1.75. The van der Waals surface area contributed by atoms with Crippen molar-refractivity contribution in [3.8, 4) is 0 Å². The lowest BCUT2D eigenvalue weighted by atomic mass is 9.80. The molecule has 0 aromatic carbocycles. The van der Waals surface area contributed by atoms with E-state index < -0.39 is 6.10 Å². The normalized spacial score (nSPS) is 13.6. The first-order valence-corrected chi connectivity index (χ1v) is 7.56. The second-order valence-electron chi connectivity index (χ2n) is 6.61. The maximum atomic E-state index is 12.1. The molecule has 0 fully saturated rings. The van der Waals surface area contributed by atoms with Crippen molar-refractivity contribution < 1.29 is 9.90 Å². The van der Waals surface area contributed by atoms with Gasteiger partial charge < -0.3 is 10.4 Å². The van der Waals surface area contributed by atoms with Gasteiger partial charge in [-0.1, -0.05) is 39.3 Å². The summed E-state index contributed by atoms with van der Waals surface area (Å²) in [5.74, 6) is 0.0314. The van der Waals surface area contributed by atoms with Gasteiger partial charge in [0.2, 0.25) is 5.91 Å². The van der Waals surface area contributed by atoms with Crippen molar-refractivity contribution in [3.63, 3.8) is 0 Å². The topological polar surface area (TPSA) is 67.2 Å². The monoisotopic (exact) mass is 315 g/mol. The number of hydrogen-bond acceptors (Lipinski definition) is 3. The maximum Gasteiger partial charge on any atom is 0.224 e. The van der Waals surface area contributed by atoms with Crippen molar-refractivity contribution in [3.05, 3.63) is 16.4 Å². The average molecular weight is 316 g/mol. The van der Waals surface area contributed by atoms with Crippen LogP contribution in [0.5, 0.6) is 0 Å². The van der Waals surface area contributed by atoms with Crippen LogP contribution < -0.4 is 5.32 Å². The SMILES string of the molecule is Cc1nn(C)c(Cl)c1CC(=O)NCC(C)(C)C(O)C(C)C. The molecule has 21 heavy (non-hydrogen) atoms. The van der Waals surface area contributed by atoms with E-state index in [0.29, 0.717) is 11.7 Å². The minimum Gasteiger partial charge on any atom is -0.392 e. The predicted molar refractivity (Wildman–Crippen MR) is 84.3 cm³/mol. The molecule has 0 aliphatic carbocycles. The minimum atomic E-state index is -0.471. The fourth-order valence-electron chi connectivity index (χ4n) is 2.43. The van der Waals surface area contributed by atoms with E-state index in [1.807, 2.05) is 34.6 Å². The van der Waals surface area contributed by atoms with E-state index in [9.17, 15) is 9.90 Å². The number of nitrogens with zero attached hydrogens (tertiary/aromatic N) is 2. The summed E-state index contributed by atoms with van der Waals surface area (Å²) in [6, 6.07) is 0. The van der Waals surface area contributed by atoms with Gasteiger partial charge in [-0.25, -0.2) is 0 Å². The quantitative estimate of drug-likeness (QED) is 0.844. The van der Waals surface area contributed by atoms with Crippen LogP contribution in [0, 0.1) is 18.3 Å². The Bertz CT molecular complexity index is 509. The molecule has 0 bridgehead atoms. The molecule has 0 saturated carbocycles. The molecule has 5 nitrogen and oxygen atoms in total. The summed E-state index contributed by atoms with van der Waals surface area (Å²) in [6.07, 6.45) is -0.270. The number of halogens is 1. The van der Waals surface area contributed by atoms with Gasteiger partial charge in [0.15, 0.2) is 0 Å². The van der Waals surface area contributed by atoms with E-state index in [0.717, 1.165) is 11.3 Å². The van der Waals surface area contributed by atoms with Crippen LogP contribution in [0.1, 0.15) is 39.0 Å². The predicted octanol–water partition coefficient (Wildman–Crippen LogP) is 2.08. The first-order chi connectivity index (χ1) is 9.56. The van der Waals surface area contributed by atoms with Crippen molar-refractivity contribution in [1.29, 1.82) is 0 Å². The van der Waals surface area contributed by atoms with Crippen LogP contribution in [-0.4, -0.2) is 33.4 Å². The number of hydrogen-bond donors (Lipinski definition) is 2. The number of aliphatic hydroxyl groups excluding tert-OH is 1. The highest BCUT2D eigenvalue weighted by molar-refractivity contribution is 6.30. The van der Waals surface area contributed by atoms with E-state index in [2.05, 4.69) is 10.4 Å². The molecule has 1 rings (SSSR count). The minimum absolute atomic E-state index is 0.114. The molecule has 0 spiro atoms. The number of carbonyl (C=O) groups is 1. The molecular formula is C15H26ClN3O2. The summed E-state index contributed by atoms with van der Waals surface area (Å²) < 4.78 is 1.56. The number of aromatic nitrogens is 2. The summed E-state index contributed by atoms with van der Waals surface area (Å²) in [5.41, 5.74) is 1.13.